The number of hydrogen-bond acceptors (Lipinski definition) is 2. The predicted molar refractivity (Wildman–Crippen MR) is 77.5 cm³/mol. The molecule has 0 aliphatic carbocycles. The van der Waals surface area contributed by atoms with Gasteiger partial charge in [0.15, 0.2) is 5.65 Å². The second kappa shape index (κ2) is 5.59. The van der Waals surface area contributed by atoms with Crippen molar-refractivity contribution >= 4 is 22.8 Å². The number of hydrogen-bond donors (Lipinski definition) is 0. The molecular formula is C15H13ClFN3. The molecule has 0 aliphatic rings. The molecule has 0 spiro atoms. The molecule has 0 saturated heterocycles. The van der Waals surface area contributed by atoms with Crippen LogP contribution in [0.4, 0.5) is 4.39 Å². The second-order valence-corrected chi connectivity index (χ2v) is 4.90. The number of alkyl halides is 1. The number of fused-ring (bicyclic) bond motifs is 1. The minimum Gasteiger partial charge on any atom is -0.308 e. The van der Waals surface area contributed by atoms with Crippen LogP contribution in [0.5, 0.6) is 0 Å². The number of benzene rings is 1. The lowest BCUT2D eigenvalue weighted by Crippen LogP contribution is -2.06. The molecule has 1 aromatic carbocycles. The second-order valence-electron chi connectivity index (χ2n) is 4.53. The molecule has 0 fully saturated rings. The highest BCUT2D eigenvalue weighted by molar-refractivity contribution is 6.17. The Morgan fingerprint density at radius 1 is 1.15 bits per heavy atom. The SMILES string of the molecule is Fc1ccc(Cn2c(CCCl)nc3cccnc32)cc1. The summed E-state index contributed by atoms with van der Waals surface area (Å²) in [4.78, 5) is 8.94. The van der Waals surface area contributed by atoms with E-state index < -0.39 is 0 Å². The van der Waals surface area contributed by atoms with Crippen molar-refractivity contribution in [2.75, 3.05) is 5.88 Å². The summed E-state index contributed by atoms with van der Waals surface area (Å²) in [5.74, 6) is 1.17. The molecule has 3 rings (SSSR count). The molecule has 0 atom stereocenters. The standard InChI is InChI=1S/C15H13ClFN3/c16-8-7-14-19-13-2-1-9-18-15(13)20(14)10-11-3-5-12(17)6-4-11/h1-6,9H,7-8,10H2. The molecular weight excluding hydrogens is 277 g/mol. The van der Waals surface area contributed by atoms with E-state index in [1.807, 2.05) is 16.7 Å². The highest BCUT2D eigenvalue weighted by Gasteiger charge is 2.11. The van der Waals surface area contributed by atoms with Crippen LogP contribution in [0.25, 0.3) is 11.2 Å². The maximum Gasteiger partial charge on any atom is 0.160 e. The minimum atomic E-state index is -0.233. The first-order chi connectivity index (χ1) is 9.78. The van der Waals surface area contributed by atoms with Gasteiger partial charge in [0.1, 0.15) is 17.2 Å². The topological polar surface area (TPSA) is 30.7 Å². The third kappa shape index (κ3) is 2.51. The quantitative estimate of drug-likeness (QED) is 0.689. The van der Waals surface area contributed by atoms with Crippen molar-refractivity contribution in [3.63, 3.8) is 0 Å². The van der Waals surface area contributed by atoms with Gasteiger partial charge >= 0.3 is 0 Å². The number of rotatable bonds is 4. The van der Waals surface area contributed by atoms with Crippen LogP contribution in [0.1, 0.15) is 11.4 Å². The van der Waals surface area contributed by atoms with Crippen LogP contribution in [0.15, 0.2) is 42.6 Å². The third-order valence-electron chi connectivity index (χ3n) is 3.15. The maximum atomic E-state index is 13.0. The van der Waals surface area contributed by atoms with E-state index in [-0.39, 0.29) is 5.82 Å². The molecule has 0 aliphatic heterocycles. The smallest absolute Gasteiger partial charge is 0.160 e. The highest BCUT2D eigenvalue weighted by Crippen LogP contribution is 2.17. The molecule has 3 nitrogen and oxygen atoms in total. The van der Waals surface area contributed by atoms with Gasteiger partial charge in [0.2, 0.25) is 0 Å². The number of halogens is 2. The first kappa shape index (κ1) is 13.1. The molecule has 2 aromatic heterocycles. The fourth-order valence-electron chi connectivity index (χ4n) is 2.22. The first-order valence-electron chi connectivity index (χ1n) is 6.38. The van der Waals surface area contributed by atoms with Crippen LogP contribution in [0.3, 0.4) is 0 Å². The number of aromatic nitrogens is 3. The zero-order valence-electron chi connectivity index (χ0n) is 10.8. The Hall–Kier alpha value is -1.94. The van der Waals surface area contributed by atoms with Crippen molar-refractivity contribution in [1.29, 1.82) is 0 Å². The Labute approximate surface area is 121 Å². The van der Waals surface area contributed by atoms with Gasteiger partial charge in [-0.05, 0) is 29.8 Å². The van der Waals surface area contributed by atoms with Crippen LogP contribution in [0, 0.1) is 5.82 Å². The lowest BCUT2D eigenvalue weighted by Gasteiger charge is -2.08. The maximum absolute atomic E-state index is 13.0. The largest absolute Gasteiger partial charge is 0.308 e. The van der Waals surface area contributed by atoms with Gasteiger partial charge in [-0.15, -0.1) is 11.6 Å². The summed E-state index contributed by atoms with van der Waals surface area (Å²) in [5, 5.41) is 0. The number of imidazole rings is 1. The number of aryl methyl sites for hydroxylation is 1. The summed E-state index contributed by atoms with van der Waals surface area (Å²) in [7, 11) is 0. The fourth-order valence-corrected chi connectivity index (χ4v) is 2.39. The van der Waals surface area contributed by atoms with E-state index in [4.69, 9.17) is 11.6 Å². The zero-order chi connectivity index (χ0) is 13.9. The summed E-state index contributed by atoms with van der Waals surface area (Å²) in [6.07, 6.45) is 2.43. The van der Waals surface area contributed by atoms with E-state index in [1.54, 1.807) is 18.3 Å². The lowest BCUT2D eigenvalue weighted by molar-refractivity contribution is 0.626. The Morgan fingerprint density at radius 2 is 1.95 bits per heavy atom. The van der Waals surface area contributed by atoms with Gasteiger partial charge in [0, 0.05) is 18.5 Å². The van der Waals surface area contributed by atoms with Gasteiger partial charge in [0.05, 0.1) is 6.54 Å². The van der Waals surface area contributed by atoms with Crippen LogP contribution < -0.4 is 0 Å². The Morgan fingerprint density at radius 3 is 2.70 bits per heavy atom. The normalized spacial score (nSPS) is 11.1. The molecule has 102 valence electrons. The number of pyridine rings is 1. The van der Waals surface area contributed by atoms with E-state index in [1.165, 1.54) is 12.1 Å². The van der Waals surface area contributed by atoms with Gasteiger partial charge < -0.3 is 4.57 Å². The molecule has 20 heavy (non-hydrogen) atoms. The molecule has 0 amide bonds. The molecule has 0 bridgehead atoms. The third-order valence-corrected chi connectivity index (χ3v) is 3.34. The molecule has 0 saturated carbocycles. The average molecular weight is 290 g/mol. The van der Waals surface area contributed by atoms with Crippen LogP contribution in [-0.4, -0.2) is 20.4 Å². The van der Waals surface area contributed by atoms with E-state index in [0.29, 0.717) is 18.8 Å². The zero-order valence-corrected chi connectivity index (χ0v) is 11.5. The Balaban J connectivity index is 2.04. The summed E-state index contributed by atoms with van der Waals surface area (Å²) < 4.78 is 15.0. The molecule has 0 radical (unpaired) electrons. The summed E-state index contributed by atoms with van der Waals surface area (Å²) in [5.41, 5.74) is 2.69. The summed E-state index contributed by atoms with van der Waals surface area (Å²) >= 11 is 5.84. The van der Waals surface area contributed by atoms with Crippen molar-refractivity contribution < 1.29 is 4.39 Å². The van der Waals surface area contributed by atoms with Crippen molar-refractivity contribution in [3.8, 4) is 0 Å². The van der Waals surface area contributed by atoms with Crippen molar-refractivity contribution in [3.05, 3.63) is 59.8 Å². The highest BCUT2D eigenvalue weighted by atomic mass is 35.5. The summed E-state index contributed by atoms with van der Waals surface area (Å²) in [6, 6.07) is 10.3. The van der Waals surface area contributed by atoms with Crippen molar-refractivity contribution in [2.45, 2.75) is 13.0 Å². The predicted octanol–water partition coefficient (Wildman–Crippen LogP) is 3.40. The number of nitrogens with zero attached hydrogens (tertiary/aromatic N) is 3. The molecule has 0 unspecified atom stereocenters. The molecule has 2 heterocycles. The lowest BCUT2D eigenvalue weighted by atomic mass is 10.2. The molecule has 0 N–H and O–H groups in total. The van der Waals surface area contributed by atoms with E-state index in [0.717, 1.165) is 22.6 Å². The van der Waals surface area contributed by atoms with Gasteiger partial charge in [-0.2, -0.15) is 0 Å². The van der Waals surface area contributed by atoms with Gasteiger partial charge in [-0.1, -0.05) is 12.1 Å². The van der Waals surface area contributed by atoms with E-state index >= 15 is 0 Å². The van der Waals surface area contributed by atoms with Gasteiger partial charge in [0.25, 0.3) is 0 Å². The van der Waals surface area contributed by atoms with Gasteiger partial charge in [-0.3, -0.25) is 0 Å². The fraction of sp³-hybridized carbons (Fsp3) is 0.200. The monoisotopic (exact) mass is 289 g/mol. The molecule has 5 heteroatoms. The van der Waals surface area contributed by atoms with Crippen LogP contribution in [-0.2, 0) is 13.0 Å². The Kier molecular flexibility index (Phi) is 3.65. The van der Waals surface area contributed by atoms with E-state index in [2.05, 4.69) is 9.97 Å². The summed E-state index contributed by atoms with van der Waals surface area (Å²) in [6.45, 7) is 0.611. The van der Waals surface area contributed by atoms with Crippen molar-refractivity contribution in [2.24, 2.45) is 0 Å². The minimum absolute atomic E-state index is 0.233. The molecule has 3 aromatic rings. The average Bonchev–Trinajstić information content (AvgIpc) is 2.80. The van der Waals surface area contributed by atoms with Crippen LogP contribution in [0.2, 0.25) is 0 Å². The van der Waals surface area contributed by atoms with Crippen LogP contribution >= 0.6 is 11.6 Å². The first-order valence-corrected chi connectivity index (χ1v) is 6.92. The van der Waals surface area contributed by atoms with E-state index in [9.17, 15) is 4.39 Å². The Bertz CT molecular complexity index is 722. The van der Waals surface area contributed by atoms with Gasteiger partial charge in [-0.25, -0.2) is 14.4 Å². The van der Waals surface area contributed by atoms with Crippen molar-refractivity contribution in [1.82, 2.24) is 14.5 Å².